The minimum absolute atomic E-state index is 0.120. The quantitative estimate of drug-likeness (QED) is 0.361. The van der Waals surface area contributed by atoms with Crippen LogP contribution in [0.2, 0.25) is 0 Å². The van der Waals surface area contributed by atoms with Crippen LogP contribution in [0.4, 0.5) is 4.39 Å². The van der Waals surface area contributed by atoms with E-state index in [1.807, 2.05) is 6.07 Å². The first-order valence-corrected chi connectivity index (χ1v) is 8.81. The molecule has 0 atom stereocenters. The Bertz CT molecular complexity index is 888. The molecule has 2 aromatic carbocycles. The second-order valence-corrected chi connectivity index (χ2v) is 6.19. The number of carbonyl (C=O) groups is 1. The summed E-state index contributed by atoms with van der Waals surface area (Å²) in [5.74, 6) is -0.136. The van der Waals surface area contributed by atoms with Crippen molar-refractivity contribution in [2.24, 2.45) is 0 Å². The van der Waals surface area contributed by atoms with Crippen molar-refractivity contribution in [3.63, 3.8) is 0 Å². The Morgan fingerprint density at radius 1 is 1.30 bits per heavy atom. The van der Waals surface area contributed by atoms with Gasteiger partial charge in [-0.05, 0) is 64.3 Å². The van der Waals surface area contributed by atoms with Gasteiger partial charge in [-0.15, -0.1) is 0 Å². The van der Waals surface area contributed by atoms with E-state index in [9.17, 15) is 9.18 Å². The van der Waals surface area contributed by atoms with Crippen LogP contribution in [-0.4, -0.2) is 19.7 Å². The molecule has 27 heavy (non-hydrogen) atoms. The van der Waals surface area contributed by atoms with E-state index in [1.165, 1.54) is 25.3 Å². The molecule has 7 heteroatoms. The predicted octanol–water partition coefficient (Wildman–Crippen LogP) is 4.65. The van der Waals surface area contributed by atoms with Crippen LogP contribution in [-0.2, 0) is 16.1 Å². The Morgan fingerprint density at radius 2 is 2.00 bits per heavy atom. The van der Waals surface area contributed by atoms with Crippen molar-refractivity contribution in [3.05, 3.63) is 63.4 Å². The fraction of sp³-hybridized carbons (Fsp3) is 0.200. The lowest BCUT2D eigenvalue weighted by Gasteiger charge is -2.14. The molecule has 140 valence electrons. The van der Waals surface area contributed by atoms with Gasteiger partial charge in [0.2, 0.25) is 0 Å². The molecule has 2 rings (SSSR count). The van der Waals surface area contributed by atoms with Crippen molar-refractivity contribution in [1.29, 1.82) is 5.26 Å². The summed E-state index contributed by atoms with van der Waals surface area (Å²) in [6, 6.07) is 11.1. The number of halogens is 2. The highest BCUT2D eigenvalue weighted by Crippen LogP contribution is 2.37. The zero-order chi connectivity index (χ0) is 19.8. The molecular weight excluding hydrogens is 417 g/mol. The topological polar surface area (TPSA) is 68.6 Å². The number of benzene rings is 2. The van der Waals surface area contributed by atoms with Crippen LogP contribution >= 0.6 is 15.9 Å². The molecule has 0 spiro atoms. The van der Waals surface area contributed by atoms with Crippen molar-refractivity contribution in [3.8, 4) is 17.6 Å². The van der Waals surface area contributed by atoms with Crippen LogP contribution in [0.25, 0.3) is 6.08 Å². The van der Waals surface area contributed by atoms with Crippen LogP contribution in [0.3, 0.4) is 0 Å². The van der Waals surface area contributed by atoms with E-state index in [0.29, 0.717) is 21.5 Å². The second kappa shape index (κ2) is 9.74. The summed E-state index contributed by atoms with van der Waals surface area (Å²) in [5, 5.41) is 9.15. The molecule has 0 aliphatic carbocycles. The molecule has 0 heterocycles. The van der Waals surface area contributed by atoms with Gasteiger partial charge in [-0.25, -0.2) is 9.18 Å². The zero-order valence-electron chi connectivity index (χ0n) is 14.8. The lowest BCUT2D eigenvalue weighted by molar-refractivity contribution is -0.137. The summed E-state index contributed by atoms with van der Waals surface area (Å²) < 4.78 is 29.6. The van der Waals surface area contributed by atoms with Crippen molar-refractivity contribution in [2.45, 2.75) is 13.5 Å². The minimum atomic E-state index is -0.688. The summed E-state index contributed by atoms with van der Waals surface area (Å²) in [5.41, 5.74) is 1.24. The van der Waals surface area contributed by atoms with Gasteiger partial charge in [0.1, 0.15) is 24.1 Å². The molecule has 5 nitrogen and oxygen atoms in total. The van der Waals surface area contributed by atoms with Gasteiger partial charge in [0, 0.05) is 0 Å². The van der Waals surface area contributed by atoms with E-state index in [4.69, 9.17) is 19.5 Å². The highest BCUT2D eigenvalue weighted by Gasteiger charge is 2.14. The van der Waals surface area contributed by atoms with Crippen molar-refractivity contribution in [2.75, 3.05) is 13.7 Å². The molecule has 0 aliphatic heterocycles. The van der Waals surface area contributed by atoms with Crippen LogP contribution in [0, 0.1) is 17.1 Å². The van der Waals surface area contributed by atoms with Gasteiger partial charge in [-0.3, -0.25) is 0 Å². The highest BCUT2D eigenvalue weighted by molar-refractivity contribution is 9.10. The smallest absolute Gasteiger partial charge is 0.348 e. The maximum Gasteiger partial charge on any atom is 0.348 e. The third kappa shape index (κ3) is 5.56. The molecule has 0 aromatic heterocycles. The standard InChI is InChI=1S/C20H17BrFNO4/c1-3-26-20(24)15(11-23)8-14-9-17(21)19(18(10-14)25-2)27-12-13-4-6-16(22)7-5-13/h4-10H,3,12H2,1-2H3. The third-order valence-electron chi connectivity index (χ3n) is 3.48. The number of nitriles is 1. The van der Waals surface area contributed by atoms with Gasteiger partial charge in [0.25, 0.3) is 0 Å². The Balaban J connectivity index is 2.27. The zero-order valence-corrected chi connectivity index (χ0v) is 16.4. The van der Waals surface area contributed by atoms with E-state index in [1.54, 1.807) is 31.2 Å². The van der Waals surface area contributed by atoms with Crippen LogP contribution in [0.15, 0.2) is 46.4 Å². The fourth-order valence-electron chi connectivity index (χ4n) is 2.21. The molecule has 0 bridgehead atoms. The summed E-state index contributed by atoms with van der Waals surface area (Å²) in [7, 11) is 1.48. The van der Waals surface area contributed by atoms with Crippen molar-refractivity contribution in [1.82, 2.24) is 0 Å². The number of esters is 1. The molecule has 2 aromatic rings. The number of ether oxygens (including phenoxy) is 3. The van der Waals surface area contributed by atoms with Gasteiger partial charge < -0.3 is 14.2 Å². The largest absolute Gasteiger partial charge is 0.493 e. The van der Waals surface area contributed by atoms with Crippen molar-refractivity contribution >= 4 is 28.0 Å². The number of hydrogen-bond donors (Lipinski definition) is 0. The molecule has 0 N–H and O–H groups in total. The number of rotatable bonds is 7. The van der Waals surface area contributed by atoms with E-state index in [2.05, 4.69) is 15.9 Å². The predicted molar refractivity (Wildman–Crippen MR) is 102 cm³/mol. The summed E-state index contributed by atoms with van der Waals surface area (Å²) in [4.78, 5) is 11.8. The average molecular weight is 434 g/mol. The molecule has 0 saturated heterocycles. The normalized spacial score (nSPS) is 10.9. The molecule has 0 aliphatic rings. The Hall–Kier alpha value is -2.85. The van der Waals surface area contributed by atoms with Crippen LogP contribution in [0.5, 0.6) is 11.5 Å². The average Bonchev–Trinajstić information content (AvgIpc) is 2.66. The number of hydrogen-bond acceptors (Lipinski definition) is 5. The molecule has 0 radical (unpaired) electrons. The Morgan fingerprint density at radius 3 is 2.59 bits per heavy atom. The van der Waals surface area contributed by atoms with Gasteiger partial charge in [-0.1, -0.05) is 12.1 Å². The SMILES string of the molecule is CCOC(=O)C(C#N)=Cc1cc(Br)c(OCc2ccc(F)cc2)c(OC)c1. The molecular formula is C20H17BrFNO4. The van der Waals surface area contributed by atoms with E-state index >= 15 is 0 Å². The maximum atomic E-state index is 13.0. The summed E-state index contributed by atoms with van der Waals surface area (Å²) in [6.07, 6.45) is 1.41. The van der Waals surface area contributed by atoms with E-state index in [-0.39, 0.29) is 24.6 Å². The number of carbonyl (C=O) groups excluding carboxylic acids is 1. The second-order valence-electron chi connectivity index (χ2n) is 5.34. The van der Waals surface area contributed by atoms with Gasteiger partial charge in [0.05, 0.1) is 18.2 Å². The van der Waals surface area contributed by atoms with E-state index < -0.39 is 5.97 Å². The molecule has 0 fully saturated rings. The first-order chi connectivity index (χ1) is 13.0. The molecule has 0 saturated carbocycles. The van der Waals surface area contributed by atoms with Gasteiger partial charge in [0.15, 0.2) is 11.5 Å². The van der Waals surface area contributed by atoms with Crippen molar-refractivity contribution < 1.29 is 23.4 Å². The first-order valence-electron chi connectivity index (χ1n) is 8.02. The third-order valence-corrected chi connectivity index (χ3v) is 4.06. The maximum absolute atomic E-state index is 13.0. The highest BCUT2D eigenvalue weighted by atomic mass is 79.9. The van der Waals surface area contributed by atoms with E-state index in [0.717, 1.165) is 5.56 Å². The lowest BCUT2D eigenvalue weighted by Crippen LogP contribution is -2.06. The lowest BCUT2D eigenvalue weighted by atomic mass is 10.1. The van der Waals surface area contributed by atoms with Crippen LogP contribution < -0.4 is 9.47 Å². The minimum Gasteiger partial charge on any atom is -0.493 e. The number of nitrogens with zero attached hydrogens (tertiary/aromatic N) is 1. The molecule has 0 amide bonds. The summed E-state index contributed by atoms with van der Waals surface area (Å²) in [6.45, 7) is 2.07. The first kappa shape index (κ1) is 20.5. The summed E-state index contributed by atoms with van der Waals surface area (Å²) >= 11 is 3.41. The molecule has 0 unspecified atom stereocenters. The van der Waals surface area contributed by atoms with Crippen LogP contribution in [0.1, 0.15) is 18.1 Å². The van der Waals surface area contributed by atoms with Gasteiger partial charge in [-0.2, -0.15) is 5.26 Å². The monoisotopic (exact) mass is 433 g/mol. The number of methoxy groups -OCH3 is 1. The Kier molecular flexibility index (Phi) is 7.38. The fourth-order valence-corrected chi connectivity index (χ4v) is 2.79. The van der Waals surface area contributed by atoms with Gasteiger partial charge >= 0.3 is 5.97 Å². The Labute approximate surface area is 165 Å².